The van der Waals surface area contributed by atoms with Crippen LogP contribution in [0.15, 0.2) is 84.9 Å². The summed E-state index contributed by atoms with van der Waals surface area (Å²) < 4.78 is 8.65. The van der Waals surface area contributed by atoms with Crippen molar-refractivity contribution in [3.05, 3.63) is 102 Å². The zero-order chi connectivity index (χ0) is 31.2. The molecular formula is C38H44N4O2. The van der Waals surface area contributed by atoms with Gasteiger partial charge < -0.3 is 19.9 Å². The van der Waals surface area contributed by atoms with Crippen molar-refractivity contribution in [3.63, 3.8) is 0 Å². The molecule has 44 heavy (non-hydrogen) atoms. The minimum absolute atomic E-state index is 0.389. The van der Waals surface area contributed by atoms with Crippen LogP contribution in [0.25, 0.3) is 33.5 Å². The van der Waals surface area contributed by atoms with Gasteiger partial charge in [0.05, 0.1) is 11.0 Å². The van der Waals surface area contributed by atoms with Gasteiger partial charge in [0, 0.05) is 36.4 Å². The third kappa shape index (κ3) is 6.96. The van der Waals surface area contributed by atoms with Crippen LogP contribution in [0.4, 0.5) is 5.69 Å². The lowest BCUT2D eigenvalue weighted by Gasteiger charge is -2.25. The van der Waals surface area contributed by atoms with E-state index in [-0.39, 0.29) is 0 Å². The van der Waals surface area contributed by atoms with Gasteiger partial charge in [-0.15, -0.1) is 0 Å². The van der Waals surface area contributed by atoms with Gasteiger partial charge in [0.15, 0.2) is 0 Å². The van der Waals surface area contributed by atoms with Gasteiger partial charge in [-0.25, -0.2) is 4.98 Å². The number of fused-ring (bicyclic) bond motifs is 1. The van der Waals surface area contributed by atoms with E-state index in [9.17, 15) is 4.79 Å². The van der Waals surface area contributed by atoms with Crippen molar-refractivity contribution in [1.29, 1.82) is 0 Å². The number of nitrogens with zero attached hydrogens (tertiary/aromatic N) is 3. The standard InChI is InChI=1S/C38H44N4O2/c1-6-7-8-9-22-42-36-21-16-30(37(39)43)24-35(36)40-38(42)29-14-18-33(19-15-29)44-25-31-23-32(41(5)26(2)3)17-20-34(31)28-12-10-27(4)11-13-28/h10-21,23-24,26H,6-9,22,25H2,1-5H3,(H2,39,43). The molecule has 1 heterocycles. The van der Waals surface area contributed by atoms with Gasteiger partial charge in [0.1, 0.15) is 18.2 Å². The number of amides is 1. The molecule has 0 spiro atoms. The summed E-state index contributed by atoms with van der Waals surface area (Å²) in [5.74, 6) is 1.24. The Hall–Kier alpha value is -4.58. The molecule has 5 aromatic rings. The number of hydrogen-bond donors (Lipinski definition) is 1. The zero-order valence-corrected chi connectivity index (χ0v) is 26.6. The van der Waals surface area contributed by atoms with E-state index in [0.717, 1.165) is 46.7 Å². The molecule has 0 saturated carbocycles. The number of ether oxygens (including phenoxy) is 1. The minimum Gasteiger partial charge on any atom is -0.489 e. The van der Waals surface area contributed by atoms with Gasteiger partial charge in [-0.2, -0.15) is 0 Å². The van der Waals surface area contributed by atoms with E-state index in [4.69, 9.17) is 15.5 Å². The van der Waals surface area contributed by atoms with Gasteiger partial charge in [0.2, 0.25) is 5.91 Å². The van der Waals surface area contributed by atoms with Crippen molar-refractivity contribution in [2.24, 2.45) is 5.73 Å². The Morgan fingerprint density at radius 1 is 0.909 bits per heavy atom. The van der Waals surface area contributed by atoms with Crippen molar-refractivity contribution in [2.45, 2.75) is 72.6 Å². The van der Waals surface area contributed by atoms with Gasteiger partial charge in [-0.3, -0.25) is 4.79 Å². The normalized spacial score (nSPS) is 11.3. The molecule has 5 rings (SSSR count). The SMILES string of the molecule is CCCCCCn1c(-c2ccc(OCc3cc(N(C)C(C)C)ccc3-c3ccc(C)cc3)cc2)nc2cc(C(N)=O)ccc21. The predicted molar refractivity (Wildman–Crippen MR) is 182 cm³/mol. The van der Waals surface area contributed by atoms with Crippen LogP contribution in [0, 0.1) is 6.92 Å². The monoisotopic (exact) mass is 588 g/mol. The molecule has 0 fully saturated rings. The maximum atomic E-state index is 11.8. The van der Waals surface area contributed by atoms with Crippen molar-refractivity contribution in [2.75, 3.05) is 11.9 Å². The smallest absolute Gasteiger partial charge is 0.248 e. The fourth-order valence-electron chi connectivity index (χ4n) is 5.52. The van der Waals surface area contributed by atoms with Gasteiger partial charge in [0.25, 0.3) is 0 Å². The van der Waals surface area contributed by atoms with Crippen molar-refractivity contribution >= 4 is 22.6 Å². The van der Waals surface area contributed by atoms with Crippen LogP contribution in [0.3, 0.4) is 0 Å². The number of aromatic nitrogens is 2. The zero-order valence-electron chi connectivity index (χ0n) is 26.6. The Bertz CT molecular complexity index is 1720. The lowest BCUT2D eigenvalue weighted by molar-refractivity contribution is 0.100. The number of benzene rings is 4. The molecule has 0 aliphatic heterocycles. The quantitative estimate of drug-likeness (QED) is 0.140. The molecule has 0 radical (unpaired) electrons. The first kappa shape index (κ1) is 30.9. The number of rotatable bonds is 13. The molecule has 1 aromatic heterocycles. The van der Waals surface area contributed by atoms with Gasteiger partial charge >= 0.3 is 0 Å². The van der Waals surface area contributed by atoms with Crippen LogP contribution in [0.2, 0.25) is 0 Å². The van der Waals surface area contributed by atoms with E-state index in [0.29, 0.717) is 18.2 Å². The van der Waals surface area contributed by atoms with Crippen LogP contribution >= 0.6 is 0 Å². The van der Waals surface area contributed by atoms with Crippen LogP contribution in [-0.2, 0) is 13.2 Å². The maximum Gasteiger partial charge on any atom is 0.248 e. The highest BCUT2D eigenvalue weighted by molar-refractivity contribution is 5.96. The molecule has 6 heteroatoms. The Morgan fingerprint density at radius 2 is 1.64 bits per heavy atom. The second kappa shape index (κ2) is 13.8. The number of carbonyl (C=O) groups excluding carboxylic acids is 1. The first-order valence-electron chi connectivity index (χ1n) is 15.7. The molecule has 0 saturated heterocycles. The lowest BCUT2D eigenvalue weighted by atomic mass is 9.98. The summed E-state index contributed by atoms with van der Waals surface area (Å²) in [4.78, 5) is 19.0. The average Bonchev–Trinajstić information content (AvgIpc) is 3.40. The van der Waals surface area contributed by atoms with Crippen LogP contribution in [-0.4, -0.2) is 28.5 Å². The van der Waals surface area contributed by atoms with Crippen molar-refractivity contribution in [3.8, 4) is 28.3 Å². The first-order chi connectivity index (χ1) is 21.2. The van der Waals surface area contributed by atoms with E-state index in [2.05, 4.69) is 98.8 Å². The summed E-state index contributed by atoms with van der Waals surface area (Å²) in [5.41, 5.74) is 14.7. The fraction of sp³-hybridized carbons (Fsp3) is 0.316. The van der Waals surface area contributed by atoms with Crippen LogP contribution < -0.4 is 15.4 Å². The number of aryl methyl sites for hydroxylation is 2. The number of hydrogen-bond acceptors (Lipinski definition) is 4. The number of anilines is 1. The third-order valence-corrected chi connectivity index (χ3v) is 8.41. The predicted octanol–water partition coefficient (Wildman–Crippen LogP) is 8.78. The summed E-state index contributed by atoms with van der Waals surface area (Å²) in [6.45, 7) is 10.0. The summed E-state index contributed by atoms with van der Waals surface area (Å²) in [6.07, 6.45) is 4.63. The minimum atomic E-state index is -0.445. The molecule has 4 aromatic carbocycles. The number of imidazole rings is 1. The number of nitrogens with two attached hydrogens (primary N) is 1. The highest BCUT2D eigenvalue weighted by Crippen LogP contribution is 2.31. The van der Waals surface area contributed by atoms with E-state index in [1.165, 1.54) is 41.6 Å². The Labute approximate surface area is 261 Å². The number of unbranched alkanes of at least 4 members (excludes halogenated alkanes) is 3. The highest BCUT2D eigenvalue weighted by atomic mass is 16.5. The first-order valence-corrected chi connectivity index (χ1v) is 15.7. The molecule has 0 aliphatic rings. The molecule has 2 N–H and O–H groups in total. The van der Waals surface area contributed by atoms with Crippen molar-refractivity contribution in [1.82, 2.24) is 9.55 Å². The lowest BCUT2D eigenvalue weighted by Crippen LogP contribution is -2.25. The van der Waals surface area contributed by atoms with Crippen LogP contribution in [0.1, 0.15) is 67.9 Å². The largest absolute Gasteiger partial charge is 0.489 e. The molecule has 0 aliphatic carbocycles. The maximum absolute atomic E-state index is 11.8. The van der Waals surface area contributed by atoms with Crippen LogP contribution in [0.5, 0.6) is 5.75 Å². The summed E-state index contributed by atoms with van der Waals surface area (Å²) >= 11 is 0. The molecule has 6 nitrogen and oxygen atoms in total. The van der Waals surface area contributed by atoms with Gasteiger partial charge in [-0.1, -0.05) is 62.1 Å². The second-order valence-corrected chi connectivity index (χ2v) is 11.9. The molecule has 228 valence electrons. The van der Waals surface area contributed by atoms with Gasteiger partial charge in [-0.05, 0) is 98.5 Å². The number of primary amides is 1. The molecular weight excluding hydrogens is 544 g/mol. The summed E-state index contributed by atoms with van der Waals surface area (Å²) in [7, 11) is 2.13. The van der Waals surface area contributed by atoms with E-state index < -0.39 is 5.91 Å². The molecule has 1 amide bonds. The van der Waals surface area contributed by atoms with E-state index in [1.54, 1.807) is 12.1 Å². The third-order valence-electron chi connectivity index (χ3n) is 8.41. The number of carbonyl (C=O) groups is 1. The topological polar surface area (TPSA) is 73.4 Å². The molecule has 0 atom stereocenters. The Kier molecular flexibility index (Phi) is 9.69. The van der Waals surface area contributed by atoms with E-state index >= 15 is 0 Å². The fourth-order valence-corrected chi connectivity index (χ4v) is 5.52. The Balaban J connectivity index is 1.41. The second-order valence-electron chi connectivity index (χ2n) is 11.9. The Morgan fingerprint density at radius 3 is 2.32 bits per heavy atom. The molecule has 0 bridgehead atoms. The highest BCUT2D eigenvalue weighted by Gasteiger charge is 2.15. The van der Waals surface area contributed by atoms with Crippen molar-refractivity contribution < 1.29 is 9.53 Å². The molecule has 0 unspecified atom stereocenters. The average molecular weight is 589 g/mol. The van der Waals surface area contributed by atoms with E-state index in [1.807, 2.05) is 18.2 Å². The summed E-state index contributed by atoms with van der Waals surface area (Å²) in [5, 5.41) is 0. The summed E-state index contributed by atoms with van der Waals surface area (Å²) in [6, 6.07) is 29.4.